The molecule has 0 aliphatic rings. The summed E-state index contributed by atoms with van der Waals surface area (Å²) in [5.41, 5.74) is 11.8. The van der Waals surface area contributed by atoms with Crippen molar-refractivity contribution in [1.82, 2.24) is 10.3 Å². The number of nitrogens with two attached hydrogens (primary N) is 2. The maximum Gasteiger partial charge on any atom is 0.327 e. The van der Waals surface area contributed by atoms with Crippen LogP contribution >= 0.6 is 0 Å². The fourth-order valence-electron chi connectivity index (χ4n) is 1.37. The summed E-state index contributed by atoms with van der Waals surface area (Å²) in [5, 5.41) is 11.0. The number of carboxylic acid groups (broad SMARTS) is 1. The predicted molar refractivity (Wildman–Crippen MR) is 64.5 cm³/mol. The molecule has 1 amide bonds. The minimum absolute atomic E-state index is 0.178. The van der Waals surface area contributed by atoms with E-state index in [0.717, 1.165) is 5.56 Å². The van der Waals surface area contributed by atoms with Crippen molar-refractivity contribution in [2.75, 3.05) is 6.54 Å². The standard InChI is InChI=1S/C11H16N4O3/c12-6-9(11(17)18)15-10(16)8(13)5-7-1-3-14-4-2-7/h1-4,8-9H,5-6,12-13H2,(H,15,16)(H,17,18)/t8-,9-/m0/s1. The molecule has 0 aliphatic heterocycles. The molecule has 0 unspecified atom stereocenters. The monoisotopic (exact) mass is 252 g/mol. The summed E-state index contributed by atoms with van der Waals surface area (Å²) < 4.78 is 0. The molecule has 18 heavy (non-hydrogen) atoms. The molecule has 1 rings (SSSR count). The number of hydrogen-bond donors (Lipinski definition) is 4. The molecule has 6 N–H and O–H groups in total. The maximum atomic E-state index is 11.7. The van der Waals surface area contributed by atoms with Crippen molar-refractivity contribution >= 4 is 11.9 Å². The van der Waals surface area contributed by atoms with Gasteiger partial charge in [0.25, 0.3) is 0 Å². The molecule has 1 aromatic heterocycles. The quantitative estimate of drug-likeness (QED) is 0.486. The molecule has 0 aliphatic carbocycles. The highest BCUT2D eigenvalue weighted by atomic mass is 16.4. The van der Waals surface area contributed by atoms with E-state index in [1.165, 1.54) is 0 Å². The van der Waals surface area contributed by atoms with E-state index in [1.807, 2.05) is 0 Å². The summed E-state index contributed by atoms with van der Waals surface area (Å²) in [6.07, 6.45) is 3.51. The molecule has 0 saturated carbocycles. The van der Waals surface area contributed by atoms with Gasteiger partial charge < -0.3 is 21.9 Å². The first-order valence-corrected chi connectivity index (χ1v) is 5.42. The molecule has 0 saturated heterocycles. The molecule has 98 valence electrons. The van der Waals surface area contributed by atoms with E-state index in [-0.39, 0.29) is 6.54 Å². The molecular formula is C11H16N4O3. The number of nitrogens with one attached hydrogen (secondary N) is 1. The van der Waals surface area contributed by atoms with Crippen molar-refractivity contribution in [2.45, 2.75) is 18.5 Å². The minimum atomic E-state index is -1.18. The van der Waals surface area contributed by atoms with Crippen LogP contribution in [0.5, 0.6) is 0 Å². The van der Waals surface area contributed by atoms with E-state index in [4.69, 9.17) is 16.6 Å². The lowest BCUT2D eigenvalue weighted by Gasteiger charge is -2.16. The van der Waals surface area contributed by atoms with E-state index in [0.29, 0.717) is 6.42 Å². The summed E-state index contributed by atoms with van der Waals surface area (Å²) in [4.78, 5) is 26.2. The van der Waals surface area contributed by atoms with Crippen LogP contribution in [0.2, 0.25) is 0 Å². The Kier molecular flexibility index (Phi) is 5.22. The second-order valence-electron chi connectivity index (χ2n) is 3.80. The molecule has 1 aromatic rings. The lowest BCUT2D eigenvalue weighted by Crippen LogP contribution is -2.51. The number of amides is 1. The second-order valence-corrected chi connectivity index (χ2v) is 3.80. The Morgan fingerprint density at radius 2 is 2.00 bits per heavy atom. The first-order valence-electron chi connectivity index (χ1n) is 5.42. The predicted octanol–water partition coefficient (Wildman–Crippen LogP) is -1.52. The highest BCUT2D eigenvalue weighted by molar-refractivity contribution is 5.87. The van der Waals surface area contributed by atoms with E-state index < -0.39 is 24.0 Å². The Bertz CT molecular complexity index is 410. The van der Waals surface area contributed by atoms with Crippen molar-refractivity contribution in [2.24, 2.45) is 11.5 Å². The van der Waals surface area contributed by atoms with Crippen molar-refractivity contribution in [3.63, 3.8) is 0 Å². The van der Waals surface area contributed by atoms with Crippen molar-refractivity contribution in [1.29, 1.82) is 0 Å². The van der Waals surface area contributed by atoms with Gasteiger partial charge in [-0.15, -0.1) is 0 Å². The van der Waals surface area contributed by atoms with Crippen molar-refractivity contribution in [3.8, 4) is 0 Å². The van der Waals surface area contributed by atoms with Crippen LogP contribution in [0.1, 0.15) is 5.56 Å². The number of rotatable bonds is 6. The van der Waals surface area contributed by atoms with Crippen LogP contribution in [0.25, 0.3) is 0 Å². The van der Waals surface area contributed by atoms with Gasteiger partial charge in [0.15, 0.2) is 0 Å². The Labute approximate surface area is 104 Å². The largest absolute Gasteiger partial charge is 0.480 e. The summed E-state index contributed by atoms with van der Waals surface area (Å²) in [7, 11) is 0. The smallest absolute Gasteiger partial charge is 0.327 e. The number of aromatic nitrogens is 1. The van der Waals surface area contributed by atoms with E-state index in [1.54, 1.807) is 24.5 Å². The first-order chi connectivity index (χ1) is 8.54. The van der Waals surface area contributed by atoms with Crippen LogP contribution in [0.3, 0.4) is 0 Å². The Hall–Kier alpha value is -1.99. The SMILES string of the molecule is NC[C@H](NC(=O)[C@@H](N)Cc1ccncc1)C(=O)O. The fraction of sp³-hybridized carbons (Fsp3) is 0.364. The van der Waals surface area contributed by atoms with Crippen LogP contribution in [-0.2, 0) is 16.0 Å². The normalized spacial score (nSPS) is 13.7. The number of pyridine rings is 1. The number of hydrogen-bond acceptors (Lipinski definition) is 5. The molecule has 0 fully saturated rings. The number of nitrogens with zero attached hydrogens (tertiary/aromatic N) is 1. The third-order valence-electron chi connectivity index (χ3n) is 2.39. The van der Waals surface area contributed by atoms with Gasteiger partial charge in [0, 0.05) is 18.9 Å². The third-order valence-corrected chi connectivity index (χ3v) is 2.39. The molecule has 0 bridgehead atoms. The van der Waals surface area contributed by atoms with Gasteiger partial charge in [0.2, 0.25) is 5.91 Å². The van der Waals surface area contributed by atoms with Gasteiger partial charge in [0.1, 0.15) is 6.04 Å². The fourth-order valence-corrected chi connectivity index (χ4v) is 1.37. The number of carbonyl (C=O) groups excluding carboxylic acids is 1. The summed E-state index contributed by atoms with van der Waals surface area (Å²) >= 11 is 0. The molecule has 7 heteroatoms. The number of aliphatic carboxylic acids is 1. The second kappa shape index (κ2) is 6.67. The number of carboxylic acids is 1. The van der Waals surface area contributed by atoms with E-state index in [2.05, 4.69) is 10.3 Å². The van der Waals surface area contributed by atoms with Crippen LogP contribution in [0.4, 0.5) is 0 Å². The Morgan fingerprint density at radius 3 is 2.50 bits per heavy atom. The van der Waals surface area contributed by atoms with E-state index in [9.17, 15) is 9.59 Å². The zero-order chi connectivity index (χ0) is 13.5. The zero-order valence-electron chi connectivity index (χ0n) is 9.74. The van der Waals surface area contributed by atoms with Gasteiger partial charge in [-0.2, -0.15) is 0 Å². The molecule has 0 spiro atoms. The lowest BCUT2D eigenvalue weighted by atomic mass is 10.1. The highest BCUT2D eigenvalue weighted by Crippen LogP contribution is 2.00. The zero-order valence-corrected chi connectivity index (χ0v) is 9.74. The average molecular weight is 252 g/mol. The van der Waals surface area contributed by atoms with Crippen LogP contribution in [-0.4, -0.2) is 40.6 Å². The summed E-state index contributed by atoms with van der Waals surface area (Å²) in [6.45, 7) is -0.178. The molecule has 2 atom stereocenters. The molecule has 0 radical (unpaired) electrons. The van der Waals surface area contributed by atoms with Crippen molar-refractivity contribution < 1.29 is 14.7 Å². The van der Waals surface area contributed by atoms with Crippen LogP contribution in [0.15, 0.2) is 24.5 Å². The van der Waals surface area contributed by atoms with Gasteiger partial charge in [-0.3, -0.25) is 9.78 Å². The van der Waals surface area contributed by atoms with Gasteiger partial charge in [0.05, 0.1) is 6.04 Å². The average Bonchev–Trinajstić information content (AvgIpc) is 2.36. The molecule has 0 aromatic carbocycles. The van der Waals surface area contributed by atoms with Crippen LogP contribution < -0.4 is 16.8 Å². The minimum Gasteiger partial charge on any atom is -0.480 e. The lowest BCUT2D eigenvalue weighted by molar-refractivity contribution is -0.141. The number of carbonyl (C=O) groups is 2. The van der Waals surface area contributed by atoms with Crippen LogP contribution in [0, 0.1) is 0 Å². The third kappa shape index (κ3) is 4.11. The summed E-state index contributed by atoms with van der Waals surface area (Å²) in [5.74, 6) is -1.72. The topological polar surface area (TPSA) is 131 Å². The van der Waals surface area contributed by atoms with Gasteiger partial charge in [-0.1, -0.05) is 0 Å². The molecule has 7 nitrogen and oxygen atoms in total. The van der Waals surface area contributed by atoms with Gasteiger partial charge in [-0.05, 0) is 24.1 Å². The van der Waals surface area contributed by atoms with Crippen molar-refractivity contribution in [3.05, 3.63) is 30.1 Å². The van der Waals surface area contributed by atoms with Gasteiger partial charge >= 0.3 is 5.97 Å². The highest BCUT2D eigenvalue weighted by Gasteiger charge is 2.21. The molecule has 1 heterocycles. The Morgan fingerprint density at radius 1 is 1.39 bits per heavy atom. The maximum absolute atomic E-state index is 11.7. The van der Waals surface area contributed by atoms with Gasteiger partial charge in [-0.25, -0.2) is 4.79 Å². The summed E-state index contributed by atoms with van der Waals surface area (Å²) in [6, 6.07) is 1.55. The Balaban J connectivity index is 2.54. The molecular weight excluding hydrogens is 236 g/mol. The van der Waals surface area contributed by atoms with E-state index >= 15 is 0 Å². The first kappa shape index (κ1) is 14.1.